The number of carbonyl (C=O) groups is 3. The molecule has 0 aliphatic carbocycles. The molecule has 3 saturated heterocycles. The summed E-state index contributed by atoms with van der Waals surface area (Å²) in [7, 11) is 0. The van der Waals surface area contributed by atoms with E-state index in [0.29, 0.717) is 62.0 Å². The summed E-state index contributed by atoms with van der Waals surface area (Å²) in [5.74, 6) is 1.81. The summed E-state index contributed by atoms with van der Waals surface area (Å²) in [5.41, 5.74) is 0.666. The molecule has 2 aromatic heterocycles. The van der Waals surface area contributed by atoms with Gasteiger partial charge in [0.1, 0.15) is 12.1 Å². The predicted octanol–water partition coefficient (Wildman–Crippen LogP) is 2.16. The van der Waals surface area contributed by atoms with E-state index in [0.717, 1.165) is 62.5 Å². The molecular formula is C29H45N9O5S. The summed E-state index contributed by atoms with van der Waals surface area (Å²) < 4.78 is 7.19. The summed E-state index contributed by atoms with van der Waals surface area (Å²) in [4.78, 5) is 44.4. The van der Waals surface area contributed by atoms with Crippen LogP contribution in [0.25, 0.3) is 11.0 Å². The van der Waals surface area contributed by atoms with Gasteiger partial charge in [0.2, 0.25) is 11.8 Å². The fourth-order valence-corrected chi connectivity index (χ4v) is 7.49. The number of aromatic nitrogens is 4. The lowest BCUT2D eigenvalue weighted by Gasteiger charge is -2.16. The topological polar surface area (TPSA) is 184 Å². The van der Waals surface area contributed by atoms with Crippen molar-refractivity contribution in [2.75, 3.05) is 30.7 Å². The zero-order valence-corrected chi connectivity index (χ0v) is 25.9. The third-order valence-electron chi connectivity index (χ3n) is 8.34. The highest BCUT2D eigenvalue weighted by Gasteiger charge is 2.42. The monoisotopic (exact) mass is 631 g/mol. The van der Waals surface area contributed by atoms with Gasteiger partial charge < -0.3 is 36.4 Å². The zero-order valence-electron chi connectivity index (χ0n) is 25.1. The number of urea groups is 1. The lowest BCUT2D eigenvalue weighted by Crippen LogP contribution is -2.36. The highest BCUT2D eigenvalue weighted by Crippen LogP contribution is 2.33. The molecular weight excluding hydrogens is 586 g/mol. The number of hydrogen-bond acceptors (Lipinski definition) is 10. The molecule has 0 aromatic carbocycles. The van der Waals surface area contributed by atoms with Crippen LogP contribution in [0.1, 0.15) is 83.3 Å². The minimum absolute atomic E-state index is 0.0589. The number of hydrogen-bond donors (Lipinski definition) is 6. The molecule has 0 spiro atoms. The molecule has 14 nitrogen and oxygen atoms in total. The molecule has 3 aliphatic rings. The minimum atomic E-state index is -0.766. The largest absolute Gasteiger partial charge is 0.369 e. The van der Waals surface area contributed by atoms with E-state index in [1.54, 1.807) is 10.9 Å². The van der Waals surface area contributed by atoms with Crippen molar-refractivity contribution in [3.05, 3.63) is 12.5 Å². The summed E-state index contributed by atoms with van der Waals surface area (Å²) in [6, 6.07) is 0.412. The van der Waals surface area contributed by atoms with Crippen LogP contribution >= 0.6 is 11.8 Å². The van der Waals surface area contributed by atoms with Gasteiger partial charge in [0, 0.05) is 49.9 Å². The normalized spacial score (nSPS) is 24.2. The van der Waals surface area contributed by atoms with Crippen molar-refractivity contribution in [1.29, 1.82) is 0 Å². The van der Waals surface area contributed by atoms with Gasteiger partial charge in [-0.1, -0.05) is 12.8 Å². The maximum atomic E-state index is 12.2. The average molecular weight is 632 g/mol. The SMILES string of the molecule is O=C(CCCCCNC(=O)CCCCC1SCC2NC(=O)NC21)NCCCCNc1ncnc2c1cnn2C1CCC(O)O1. The number of unbranched alkanes of at least 4 members (excludes halogenated alkanes) is 4. The molecule has 5 atom stereocenters. The number of ether oxygens (including phenoxy) is 1. The quantitative estimate of drug-likeness (QED) is 0.105. The van der Waals surface area contributed by atoms with E-state index in [1.807, 2.05) is 11.8 Å². The van der Waals surface area contributed by atoms with Gasteiger partial charge in [-0.2, -0.15) is 16.9 Å². The van der Waals surface area contributed by atoms with E-state index in [1.165, 1.54) is 6.33 Å². The van der Waals surface area contributed by atoms with Crippen molar-refractivity contribution in [3.63, 3.8) is 0 Å². The second-order valence-corrected chi connectivity index (χ2v) is 13.0. The number of amides is 4. The van der Waals surface area contributed by atoms with E-state index < -0.39 is 6.29 Å². The van der Waals surface area contributed by atoms with Gasteiger partial charge in [0.15, 0.2) is 18.2 Å². The van der Waals surface area contributed by atoms with E-state index in [2.05, 4.69) is 41.7 Å². The molecule has 3 aliphatic heterocycles. The molecule has 6 N–H and O–H groups in total. The van der Waals surface area contributed by atoms with Crippen LogP contribution in [0.15, 0.2) is 12.5 Å². The Labute approximate surface area is 261 Å². The van der Waals surface area contributed by atoms with Crippen LogP contribution in [0.5, 0.6) is 0 Å². The molecule has 4 amide bonds. The van der Waals surface area contributed by atoms with Crippen molar-refractivity contribution in [2.24, 2.45) is 0 Å². The zero-order chi connectivity index (χ0) is 30.7. The molecule has 0 radical (unpaired) electrons. The molecule has 242 valence electrons. The van der Waals surface area contributed by atoms with Crippen molar-refractivity contribution in [2.45, 2.75) is 107 Å². The van der Waals surface area contributed by atoms with Gasteiger partial charge in [-0.15, -0.1) is 0 Å². The standard InChI is InChI=1S/C29H45N9O5S/c39-22(9-2-1-5-13-30-23(40)10-4-3-8-21-26-20(17-44-21)36-29(42)37-26)31-14-6-7-15-32-27-19-16-35-38(28(19)34-18-33-27)24-11-12-25(41)43-24/h16,18,20-21,24-26,41H,1-15,17H2,(H,30,40)(H,31,39)(H,32,33,34)(H2,36,37,42). The highest BCUT2D eigenvalue weighted by atomic mass is 32.2. The Morgan fingerprint density at radius 2 is 1.73 bits per heavy atom. The Morgan fingerprint density at radius 1 is 0.977 bits per heavy atom. The van der Waals surface area contributed by atoms with Gasteiger partial charge in [-0.05, 0) is 44.9 Å². The number of fused-ring (bicyclic) bond motifs is 2. The van der Waals surface area contributed by atoms with Crippen LogP contribution in [0, 0.1) is 0 Å². The summed E-state index contributed by atoms with van der Waals surface area (Å²) in [6.45, 7) is 1.97. The van der Waals surface area contributed by atoms with Crippen LogP contribution in [-0.4, -0.2) is 91.7 Å². The Balaban J connectivity index is 0.834. The third-order valence-corrected chi connectivity index (χ3v) is 9.85. The molecule has 5 heterocycles. The van der Waals surface area contributed by atoms with Gasteiger partial charge in [-0.3, -0.25) is 9.59 Å². The maximum absolute atomic E-state index is 12.2. The lowest BCUT2D eigenvalue weighted by molar-refractivity contribution is -0.122. The molecule has 0 saturated carbocycles. The smallest absolute Gasteiger partial charge is 0.315 e. The summed E-state index contributed by atoms with van der Waals surface area (Å²) in [5, 5.41) is 30.6. The highest BCUT2D eigenvalue weighted by molar-refractivity contribution is 8.00. The van der Waals surface area contributed by atoms with Gasteiger partial charge in [0.05, 0.1) is 23.7 Å². The summed E-state index contributed by atoms with van der Waals surface area (Å²) >= 11 is 1.91. The van der Waals surface area contributed by atoms with Crippen LogP contribution < -0.4 is 26.6 Å². The van der Waals surface area contributed by atoms with Gasteiger partial charge in [-0.25, -0.2) is 19.4 Å². The summed E-state index contributed by atoms with van der Waals surface area (Å²) in [6.07, 6.45) is 11.5. The van der Waals surface area contributed by atoms with E-state index in [-0.39, 0.29) is 36.2 Å². The molecule has 2 aromatic rings. The van der Waals surface area contributed by atoms with E-state index in [9.17, 15) is 19.5 Å². The van der Waals surface area contributed by atoms with Crippen molar-refractivity contribution in [3.8, 4) is 0 Å². The number of anilines is 1. The molecule has 5 unspecified atom stereocenters. The van der Waals surface area contributed by atoms with Crippen LogP contribution in [0.3, 0.4) is 0 Å². The molecule has 5 rings (SSSR count). The second-order valence-electron chi connectivity index (χ2n) is 11.7. The number of carbonyl (C=O) groups excluding carboxylic acids is 3. The van der Waals surface area contributed by atoms with Crippen LogP contribution in [0.2, 0.25) is 0 Å². The van der Waals surface area contributed by atoms with Crippen molar-refractivity contribution < 1.29 is 24.2 Å². The number of thioether (sulfide) groups is 1. The fourth-order valence-electron chi connectivity index (χ4n) is 5.95. The van der Waals surface area contributed by atoms with Crippen LogP contribution in [-0.2, 0) is 14.3 Å². The average Bonchev–Trinajstić information content (AvgIpc) is 3.79. The minimum Gasteiger partial charge on any atom is -0.369 e. The number of rotatable bonds is 18. The number of nitrogens with one attached hydrogen (secondary N) is 5. The first kappa shape index (κ1) is 32.2. The number of aliphatic hydroxyl groups is 1. The van der Waals surface area contributed by atoms with E-state index in [4.69, 9.17) is 4.74 Å². The molecule has 15 heteroatoms. The molecule has 3 fully saturated rings. The number of aliphatic hydroxyl groups excluding tert-OH is 1. The van der Waals surface area contributed by atoms with Crippen LogP contribution in [0.4, 0.5) is 10.6 Å². The fraction of sp³-hybridized carbons (Fsp3) is 0.724. The molecule has 0 bridgehead atoms. The number of nitrogens with zero attached hydrogens (tertiary/aromatic N) is 4. The maximum Gasteiger partial charge on any atom is 0.315 e. The van der Waals surface area contributed by atoms with Gasteiger partial charge in [0.25, 0.3) is 0 Å². The Hall–Kier alpha value is -3.17. The van der Waals surface area contributed by atoms with Crippen molar-refractivity contribution in [1.82, 2.24) is 41.0 Å². The first-order valence-electron chi connectivity index (χ1n) is 16.0. The Kier molecular flexibility index (Phi) is 11.9. The predicted molar refractivity (Wildman–Crippen MR) is 167 cm³/mol. The van der Waals surface area contributed by atoms with Gasteiger partial charge >= 0.3 is 6.03 Å². The van der Waals surface area contributed by atoms with Crippen molar-refractivity contribution >= 4 is 46.5 Å². The van der Waals surface area contributed by atoms with E-state index >= 15 is 0 Å². The first-order chi connectivity index (χ1) is 21.5. The second kappa shape index (κ2) is 16.2. The molecule has 44 heavy (non-hydrogen) atoms. The first-order valence-corrected chi connectivity index (χ1v) is 17.0. The Morgan fingerprint density at radius 3 is 2.50 bits per heavy atom. The lowest BCUT2D eigenvalue weighted by atomic mass is 10.0. The Bertz CT molecular complexity index is 1260. The third kappa shape index (κ3) is 8.94.